The number of aromatic nitrogens is 1. The SMILES string of the molecule is CC(=O)Nc1ccc(OCC(=O)N=Nc2c(O)n(CN3CCCCC3)c3ccc(C)cc23)cc1. The van der Waals surface area contributed by atoms with E-state index in [0.29, 0.717) is 18.1 Å². The molecule has 2 amide bonds. The molecule has 0 aliphatic carbocycles. The fourth-order valence-electron chi connectivity index (χ4n) is 4.10. The summed E-state index contributed by atoms with van der Waals surface area (Å²) in [7, 11) is 0. The molecule has 2 aromatic carbocycles. The molecule has 0 bridgehead atoms. The molecule has 1 aliphatic heterocycles. The minimum absolute atomic E-state index is 0.00259. The summed E-state index contributed by atoms with van der Waals surface area (Å²) in [6.45, 7) is 5.64. The van der Waals surface area contributed by atoms with Crippen LogP contribution in [0, 0.1) is 6.92 Å². The van der Waals surface area contributed by atoms with Crippen molar-refractivity contribution in [3.05, 3.63) is 48.0 Å². The minimum Gasteiger partial charge on any atom is -0.493 e. The Balaban J connectivity index is 1.47. The first-order valence-corrected chi connectivity index (χ1v) is 11.4. The number of nitrogens with zero attached hydrogens (tertiary/aromatic N) is 4. The van der Waals surface area contributed by atoms with Crippen molar-refractivity contribution in [1.82, 2.24) is 9.47 Å². The first-order chi connectivity index (χ1) is 16.4. The molecule has 1 aromatic heterocycles. The second-order valence-corrected chi connectivity index (χ2v) is 8.53. The molecule has 0 spiro atoms. The van der Waals surface area contributed by atoms with Gasteiger partial charge in [-0.1, -0.05) is 18.1 Å². The van der Waals surface area contributed by atoms with E-state index in [2.05, 4.69) is 20.4 Å². The van der Waals surface area contributed by atoms with Gasteiger partial charge in [0.05, 0.1) is 12.2 Å². The number of hydrogen-bond acceptors (Lipinski definition) is 6. The van der Waals surface area contributed by atoms with E-state index in [1.54, 1.807) is 24.3 Å². The molecular formula is C25H29N5O4. The van der Waals surface area contributed by atoms with E-state index in [-0.39, 0.29) is 24.1 Å². The Morgan fingerprint density at radius 1 is 1.09 bits per heavy atom. The Morgan fingerprint density at radius 2 is 1.82 bits per heavy atom. The van der Waals surface area contributed by atoms with Gasteiger partial charge >= 0.3 is 5.91 Å². The van der Waals surface area contributed by atoms with Crippen LogP contribution in [-0.4, -0.2) is 46.1 Å². The maximum Gasteiger partial charge on any atom is 0.302 e. The zero-order valence-electron chi connectivity index (χ0n) is 19.5. The number of fused-ring (bicyclic) bond motifs is 1. The highest BCUT2D eigenvalue weighted by atomic mass is 16.5. The second kappa shape index (κ2) is 10.5. The number of ether oxygens (including phenoxy) is 1. The molecule has 178 valence electrons. The van der Waals surface area contributed by atoms with Crippen LogP contribution in [0.15, 0.2) is 52.7 Å². The molecule has 1 fully saturated rings. The number of rotatable bonds is 7. The lowest BCUT2D eigenvalue weighted by molar-refractivity contribution is -0.120. The Morgan fingerprint density at radius 3 is 2.53 bits per heavy atom. The Kier molecular flexibility index (Phi) is 7.22. The van der Waals surface area contributed by atoms with Crippen LogP contribution < -0.4 is 10.1 Å². The molecule has 1 aliphatic rings. The zero-order chi connectivity index (χ0) is 24.1. The number of anilines is 1. The highest BCUT2D eigenvalue weighted by Crippen LogP contribution is 2.39. The van der Waals surface area contributed by atoms with Crippen LogP contribution in [0.2, 0.25) is 0 Å². The number of azo groups is 1. The van der Waals surface area contributed by atoms with E-state index in [1.165, 1.54) is 13.3 Å². The molecule has 0 saturated carbocycles. The van der Waals surface area contributed by atoms with Gasteiger partial charge in [0.25, 0.3) is 0 Å². The lowest BCUT2D eigenvalue weighted by Crippen LogP contribution is -2.31. The minimum atomic E-state index is -0.574. The van der Waals surface area contributed by atoms with E-state index in [1.807, 2.05) is 29.7 Å². The lowest BCUT2D eigenvalue weighted by atomic mass is 10.1. The summed E-state index contributed by atoms with van der Waals surface area (Å²) in [5.41, 5.74) is 2.79. The summed E-state index contributed by atoms with van der Waals surface area (Å²) < 4.78 is 7.29. The molecule has 3 aromatic rings. The lowest BCUT2D eigenvalue weighted by Gasteiger charge is -2.27. The maximum atomic E-state index is 12.3. The third-order valence-electron chi connectivity index (χ3n) is 5.75. The number of carbonyl (C=O) groups is 2. The van der Waals surface area contributed by atoms with Crippen molar-refractivity contribution in [2.75, 3.05) is 25.0 Å². The fraction of sp³-hybridized carbons (Fsp3) is 0.360. The Hall–Kier alpha value is -3.72. The molecule has 0 unspecified atom stereocenters. The average molecular weight is 464 g/mol. The van der Waals surface area contributed by atoms with E-state index < -0.39 is 5.91 Å². The smallest absolute Gasteiger partial charge is 0.302 e. The summed E-state index contributed by atoms with van der Waals surface area (Å²) in [5.74, 6) is -0.277. The van der Waals surface area contributed by atoms with Gasteiger partial charge in [0, 0.05) is 18.0 Å². The number of piperidine rings is 1. The van der Waals surface area contributed by atoms with Crippen molar-refractivity contribution in [3.63, 3.8) is 0 Å². The average Bonchev–Trinajstić information content (AvgIpc) is 3.07. The summed E-state index contributed by atoms with van der Waals surface area (Å²) in [6, 6.07) is 12.6. The maximum absolute atomic E-state index is 12.3. The number of aromatic hydroxyl groups is 1. The fourth-order valence-corrected chi connectivity index (χ4v) is 4.10. The number of hydrogen-bond donors (Lipinski definition) is 2. The van der Waals surface area contributed by atoms with Gasteiger partial charge in [0.2, 0.25) is 11.8 Å². The third kappa shape index (κ3) is 5.60. The van der Waals surface area contributed by atoms with Crippen LogP contribution >= 0.6 is 0 Å². The molecule has 34 heavy (non-hydrogen) atoms. The third-order valence-corrected chi connectivity index (χ3v) is 5.75. The van der Waals surface area contributed by atoms with Gasteiger partial charge in [-0.05, 0) is 69.3 Å². The van der Waals surface area contributed by atoms with Crippen LogP contribution in [0.4, 0.5) is 11.4 Å². The Labute approximate surface area is 198 Å². The number of benzene rings is 2. The van der Waals surface area contributed by atoms with Gasteiger partial charge in [-0.25, -0.2) is 0 Å². The largest absolute Gasteiger partial charge is 0.493 e. The van der Waals surface area contributed by atoms with E-state index in [0.717, 1.165) is 42.4 Å². The molecule has 2 heterocycles. The highest BCUT2D eigenvalue weighted by Gasteiger charge is 2.20. The van der Waals surface area contributed by atoms with E-state index in [4.69, 9.17) is 4.74 Å². The molecule has 9 heteroatoms. The van der Waals surface area contributed by atoms with Crippen molar-refractivity contribution >= 4 is 34.1 Å². The normalized spacial score (nSPS) is 14.5. The quantitative estimate of drug-likeness (QED) is 0.492. The van der Waals surface area contributed by atoms with Crippen molar-refractivity contribution < 1.29 is 19.4 Å². The summed E-state index contributed by atoms with van der Waals surface area (Å²) in [6.07, 6.45) is 3.53. The van der Waals surface area contributed by atoms with Gasteiger partial charge < -0.3 is 15.2 Å². The van der Waals surface area contributed by atoms with Gasteiger partial charge in [-0.2, -0.15) is 0 Å². The van der Waals surface area contributed by atoms with E-state index in [9.17, 15) is 14.7 Å². The second-order valence-electron chi connectivity index (χ2n) is 8.53. The highest BCUT2D eigenvalue weighted by molar-refractivity contribution is 5.95. The van der Waals surface area contributed by atoms with Crippen molar-refractivity contribution in [1.29, 1.82) is 0 Å². The first-order valence-electron chi connectivity index (χ1n) is 11.4. The zero-order valence-corrected chi connectivity index (χ0v) is 19.5. The standard InChI is InChI=1S/C25H29N5O4/c1-17-6-11-22-21(14-17)24(25(33)30(22)16-29-12-4-3-5-13-29)28-27-23(32)15-34-20-9-7-19(8-10-20)26-18(2)31/h6-11,14,33H,3-5,12-13,15-16H2,1-2H3,(H,26,31). The van der Waals surface area contributed by atoms with Gasteiger partial charge in [-0.3, -0.25) is 19.1 Å². The summed E-state index contributed by atoms with van der Waals surface area (Å²) in [5, 5.41) is 22.3. The van der Waals surface area contributed by atoms with Crippen LogP contribution in [0.1, 0.15) is 31.7 Å². The van der Waals surface area contributed by atoms with Gasteiger partial charge in [-0.15, -0.1) is 10.2 Å². The van der Waals surface area contributed by atoms with Gasteiger partial charge in [0.1, 0.15) is 5.75 Å². The molecule has 9 nitrogen and oxygen atoms in total. The predicted molar refractivity (Wildman–Crippen MR) is 130 cm³/mol. The molecule has 1 saturated heterocycles. The first kappa shape index (κ1) is 23.4. The van der Waals surface area contributed by atoms with Crippen molar-refractivity contribution in [2.45, 2.75) is 39.8 Å². The number of amides is 2. The molecular weight excluding hydrogens is 434 g/mol. The molecule has 0 atom stereocenters. The summed E-state index contributed by atoms with van der Waals surface area (Å²) >= 11 is 0. The van der Waals surface area contributed by atoms with E-state index >= 15 is 0 Å². The van der Waals surface area contributed by atoms with Crippen molar-refractivity contribution in [2.24, 2.45) is 10.2 Å². The monoisotopic (exact) mass is 463 g/mol. The molecule has 0 radical (unpaired) electrons. The number of aryl methyl sites for hydroxylation is 1. The molecule has 2 N–H and O–H groups in total. The van der Waals surface area contributed by atoms with Crippen LogP contribution in [-0.2, 0) is 16.3 Å². The van der Waals surface area contributed by atoms with Crippen LogP contribution in [0.3, 0.4) is 0 Å². The van der Waals surface area contributed by atoms with Crippen molar-refractivity contribution in [3.8, 4) is 11.6 Å². The Bertz CT molecular complexity index is 1210. The predicted octanol–water partition coefficient (Wildman–Crippen LogP) is 4.75. The molecule has 4 rings (SSSR count). The van der Waals surface area contributed by atoms with Crippen LogP contribution in [0.5, 0.6) is 11.6 Å². The number of likely N-dealkylation sites (tertiary alicyclic amines) is 1. The van der Waals surface area contributed by atoms with Crippen LogP contribution in [0.25, 0.3) is 10.9 Å². The summed E-state index contributed by atoms with van der Waals surface area (Å²) in [4.78, 5) is 25.7. The number of carbonyl (C=O) groups excluding carboxylic acids is 2. The topological polar surface area (TPSA) is 109 Å². The number of nitrogens with one attached hydrogen (secondary N) is 1. The van der Waals surface area contributed by atoms with Gasteiger partial charge in [0.15, 0.2) is 12.3 Å².